The number of hydrogen-bond donors (Lipinski definition) is 1. The van der Waals surface area contributed by atoms with Crippen molar-refractivity contribution in [3.05, 3.63) is 11.6 Å². The molecule has 0 spiro atoms. The molecule has 0 aromatic heterocycles. The van der Waals surface area contributed by atoms with Crippen LogP contribution in [0.25, 0.3) is 0 Å². The van der Waals surface area contributed by atoms with E-state index in [1.807, 2.05) is 0 Å². The van der Waals surface area contributed by atoms with Crippen LogP contribution in [0.2, 0.25) is 0 Å². The largest absolute Gasteiger partial charge is 0.388 e. The van der Waals surface area contributed by atoms with E-state index in [1.165, 1.54) is 69.8 Å². The standard InChI is InChI=1S/C15H26O/c16-15(14-11-7-4-8-12-14)13-9-5-2-1-3-6-10-13/h11,13,15-16H,1-10,12H2. The Bertz CT molecular complexity index is 224. The second kappa shape index (κ2) is 6.44. The molecule has 1 atom stereocenters. The fourth-order valence-electron chi connectivity index (χ4n) is 3.24. The predicted octanol–water partition coefficient (Wildman–Crippen LogP) is 4.21. The van der Waals surface area contributed by atoms with Gasteiger partial charge in [-0.2, -0.15) is 0 Å². The van der Waals surface area contributed by atoms with Crippen molar-refractivity contribution in [3.63, 3.8) is 0 Å². The van der Waals surface area contributed by atoms with Crippen molar-refractivity contribution in [1.82, 2.24) is 0 Å². The summed E-state index contributed by atoms with van der Waals surface area (Å²) in [5.74, 6) is 0.560. The van der Waals surface area contributed by atoms with E-state index in [1.54, 1.807) is 0 Å². The van der Waals surface area contributed by atoms with Crippen molar-refractivity contribution in [2.75, 3.05) is 0 Å². The first-order valence-electron chi connectivity index (χ1n) is 7.25. The Morgan fingerprint density at radius 3 is 2.25 bits per heavy atom. The van der Waals surface area contributed by atoms with Crippen LogP contribution in [0, 0.1) is 5.92 Å². The minimum absolute atomic E-state index is 0.113. The second-order valence-electron chi connectivity index (χ2n) is 5.57. The molecule has 1 nitrogen and oxygen atoms in total. The van der Waals surface area contributed by atoms with E-state index in [2.05, 4.69) is 6.08 Å². The summed E-state index contributed by atoms with van der Waals surface area (Å²) in [5.41, 5.74) is 1.36. The second-order valence-corrected chi connectivity index (χ2v) is 5.57. The molecule has 0 aliphatic heterocycles. The molecule has 2 aliphatic carbocycles. The molecule has 0 amide bonds. The molecule has 2 aliphatic rings. The van der Waals surface area contributed by atoms with Gasteiger partial charge in [-0.3, -0.25) is 0 Å². The van der Waals surface area contributed by atoms with Gasteiger partial charge in [0.1, 0.15) is 0 Å². The molecule has 0 aromatic rings. The van der Waals surface area contributed by atoms with Gasteiger partial charge in [0.2, 0.25) is 0 Å². The Hall–Kier alpha value is -0.300. The minimum Gasteiger partial charge on any atom is -0.388 e. The summed E-state index contributed by atoms with van der Waals surface area (Å²) in [5, 5.41) is 10.4. The van der Waals surface area contributed by atoms with Gasteiger partial charge in [0.25, 0.3) is 0 Å². The highest BCUT2D eigenvalue weighted by Gasteiger charge is 2.23. The fourth-order valence-corrected chi connectivity index (χ4v) is 3.24. The van der Waals surface area contributed by atoms with Gasteiger partial charge in [0, 0.05) is 0 Å². The van der Waals surface area contributed by atoms with E-state index in [0.29, 0.717) is 5.92 Å². The molecule has 16 heavy (non-hydrogen) atoms. The van der Waals surface area contributed by atoms with E-state index in [4.69, 9.17) is 0 Å². The first-order valence-corrected chi connectivity index (χ1v) is 7.25. The van der Waals surface area contributed by atoms with Crippen LogP contribution < -0.4 is 0 Å². The zero-order valence-electron chi connectivity index (χ0n) is 10.5. The Balaban J connectivity index is 1.90. The Morgan fingerprint density at radius 2 is 1.62 bits per heavy atom. The maximum atomic E-state index is 10.4. The Morgan fingerprint density at radius 1 is 0.938 bits per heavy atom. The van der Waals surface area contributed by atoms with Crippen molar-refractivity contribution in [2.45, 2.75) is 76.7 Å². The highest BCUT2D eigenvalue weighted by molar-refractivity contribution is 5.11. The van der Waals surface area contributed by atoms with Crippen LogP contribution in [-0.2, 0) is 0 Å². The smallest absolute Gasteiger partial charge is 0.0778 e. The lowest BCUT2D eigenvalue weighted by atomic mass is 9.81. The number of hydrogen-bond acceptors (Lipinski definition) is 1. The highest BCUT2D eigenvalue weighted by atomic mass is 16.3. The zero-order chi connectivity index (χ0) is 11.2. The SMILES string of the molecule is OC(C1=CCCCC1)C1CCCCCCC1. The topological polar surface area (TPSA) is 20.2 Å². The van der Waals surface area contributed by atoms with Crippen LogP contribution in [0.3, 0.4) is 0 Å². The minimum atomic E-state index is -0.113. The van der Waals surface area contributed by atoms with Crippen molar-refractivity contribution in [1.29, 1.82) is 0 Å². The molecule has 1 N–H and O–H groups in total. The molecule has 2 rings (SSSR count). The summed E-state index contributed by atoms with van der Waals surface area (Å²) in [6.07, 6.45) is 16.5. The summed E-state index contributed by atoms with van der Waals surface area (Å²) < 4.78 is 0. The van der Waals surface area contributed by atoms with Gasteiger partial charge >= 0.3 is 0 Å². The van der Waals surface area contributed by atoms with Gasteiger partial charge in [-0.25, -0.2) is 0 Å². The molecule has 1 unspecified atom stereocenters. The highest BCUT2D eigenvalue weighted by Crippen LogP contribution is 2.31. The van der Waals surface area contributed by atoms with Crippen LogP contribution in [0.15, 0.2) is 11.6 Å². The van der Waals surface area contributed by atoms with Crippen LogP contribution >= 0.6 is 0 Å². The third-order valence-electron chi connectivity index (χ3n) is 4.30. The van der Waals surface area contributed by atoms with Crippen molar-refractivity contribution in [2.24, 2.45) is 5.92 Å². The Labute approximate surface area is 99.9 Å². The zero-order valence-corrected chi connectivity index (χ0v) is 10.5. The summed E-state index contributed by atoms with van der Waals surface area (Å²) in [7, 11) is 0. The van der Waals surface area contributed by atoms with E-state index >= 15 is 0 Å². The summed E-state index contributed by atoms with van der Waals surface area (Å²) in [6, 6.07) is 0. The molecule has 1 saturated carbocycles. The van der Waals surface area contributed by atoms with Crippen LogP contribution in [0.5, 0.6) is 0 Å². The molecule has 1 heteroatoms. The molecule has 1 fully saturated rings. The molecule has 0 bridgehead atoms. The lowest BCUT2D eigenvalue weighted by molar-refractivity contribution is 0.117. The van der Waals surface area contributed by atoms with Crippen LogP contribution in [-0.4, -0.2) is 11.2 Å². The number of aliphatic hydroxyl groups excluding tert-OH is 1. The van der Waals surface area contributed by atoms with Gasteiger partial charge in [-0.05, 0) is 50.0 Å². The van der Waals surface area contributed by atoms with Crippen molar-refractivity contribution >= 4 is 0 Å². The van der Waals surface area contributed by atoms with Gasteiger partial charge in [-0.1, -0.05) is 38.2 Å². The van der Waals surface area contributed by atoms with E-state index in [-0.39, 0.29) is 6.10 Å². The predicted molar refractivity (Wildman–Crippen MR) is 68.4 cm³/mol. The lowest BCUT2D eigenvalue weighted by Gasteiger charge is -2.28. The first kappa shape index (κ1) is 12.2. The molecule has 0 heterocycles. The maximum absolute atomic E-state index is 10.4. The third kappa shape index (κ3) is 3.35. The summed E-state index contributed by atoms with van der Waals surface area (Å²) in [6.45, 7) is 0. The average Bonchev–Trinajstić information content (AvgIpc) is 2.29. The van der Waals surface area contributed by atoms with Gasteiger partial charge in [0.15, 0.2) is 0 Å². The normalized spacial score (nSPS) is 26.7. The number of allylic oxidation sites excluding steroid dienone is 1. The monoisotopic (exact) mass is 222 g/mol. The van der Waals surface area contributed by atoms with E-state index < -0.39 is 0 Å². The molecule has 92 valence electrons. The summed E-state index contributed by atoms with van der Waals surface area (Å²) >= 11 is 0. The molecular weight excluding hydrogens is 196 g/mol. The molecule has 0 saturated heterocycles. The van der Waals surface area contributed by atoms with Crippen LogP contribution in [0.1, 0.15) is 70.6 Å². The summed E-state index contributed by atoms with van der Waals surface area (Å²) in [4.78, 5) is 0. The van der Waals surface area contributed by atoms with Crippen molar-refractivity contribution in [3.8, 4) is 0 Å². The average molecular weight is 222 g/mol. The first-order chi connectivity index (χ1) is 7.88. The maximum Gasteiger partial charge on any atom is 0.0778 e. The van der Waals surface area contributed by atoms with Crippen molar-refractivity contribution < 1.29 is 5.11 Å². The molecule has 0 aromatic carbocycles. The van der Waals surface area contributed by atoms with E-state index in [0.717, 1.165) is 6.42 Å². The Kier molecular flexibility index (Phi) is 4.90. The quantitative estimate of drug-likeness (QED) is 0.694. The number of aliphatic hydroxyl groups is 1. The van der Waals surface area contributed by atoms with E-state index in [9.17, 15) is 5.11 Å². The lowest BCUT2D eigenvalue weighted by Crippen LogP contribution is -2.24. The fraction of sp³-hybridized carbons (Fsp3) is 0.867. The van der Waals surface area contributed by atoms with Gasteiger partial charge in [0.05, 0.1) is 6.10 Å². The third-order valence-corrected chi connectivity index (χ3v) is 4.30. The van der Waals surface area contributed by atoms with Gasteiger partial charge in [-0.15, -0.1) is 0 Å². The number of rotatable bonds is 2. The molecule has 0 radical (unpaired) electrons. The molecular formula is C15H26O. The van der Waals surface area contributed by atoms with Gasteiger partial charge < -0.3 is 5.11 Å². The van der Waals surface area contributed by atoms with Crippen LogP contribution in [0.4, 0.5) is 0 Å².